The predicted molar refractivity (Wildman–Crippen MR) is 115 cm³/mol. The van der Waals surface area contributed by atoms with Crippen molar-refractivity contribution in [3.05, 3.63) is 53.7 Å². The van der Waals surface area contributed by atoms with Gasteiger partial charge in [-0.15, -0.1) is 10.2 Å². The largest absolute Gasteiger partial charge is 0.490 e. The maximum Gasteiger partial charge on any atom is 0.490 e. The fourth-order valence-corrected chi connectivity index (χ4v) is 3.79. The normalized spacial score (nSPS) is 14.7. The molecule has 5 rings (SSSR count). The van der Waals surface area contributed by atoms with Crippen LogP contribution in [0.2, 0.25) is 0 Å². The summed E-state index contributed by atoms with van der Waals surface area (Å²) in [7, 11) is 0. The van der Waals surface area contributed by atoms with Crippen molar-refractivity contribution >= 4 is 22.6 Å². The number of hydrogen-bond acceptors (Lipinski definition) is 6. The van der Waals surface area contributed by atoms with E-state index in [1.807, 2.05) is 13.0 Å². The third-order valence-electron chi connectivity index (χ3n) is 5.42. The van der Waals surface area contributed by atoms with E-state index in [0.717, 1.165) is 42.7 Å². The van der Waals surface area contributed by atoms with Gasteiger partial charge < -0.3 is 14.8 Å². The molecule has 1 saturated heterocycles. The number of alkyl halides is 3. The Morgan fingerprint density at radius 2 is 1.79 bits per heavy atom. The van der Waals surface area contributed by atoms with E-state index in [-0.39, 0.29) is 0 Å². The Morgan fingerprint density at radius 1 is 1.09 bits per heavy atom. The molecule has 0 saturated carbocycles. The highest BCUT2D eigenvalue weighted by Crippen LogP contribution is 2.27. The summed E-state index contributed by atoms with van der Waals surface area (Å²) in [5, 5.41) is 19.1. The van der Waals surface area contributed by atoms with Gasteiger partial charge in [0.2, 0.25) is 0 Å². The first-order chi connectivity index (χ1) is 16.1. The summed E-state index contributed by atoms with van der Waals surface area (Å²) in [6, 6.07) is 7.60. The molecule has 1 fully saturated rings. The molecule has 1 aliphatic heterocycles. The smallest absolute Gasteiger partial charge is 0.475 e. The second-order valence-corrected chi connectivity index (χ2v) is 7.90. The number of rotatable bonds is 2. The van der Waals surface area contributed by atoms with Gasteiger partial charge in [0.25, 0.3) is 0 Å². The summed E-state index contributed by atoms with van der Waals surface area (Å²) in [6.07, 6.45) is 0.745. The molecule has 0 bridgehead atoms. The van der Waals surface area contributed by atoms with Crippen LogP contribution < -0.4 is 5.32 Å². The minimum atomic E-state index is -5.08. The van der Waals surface area contributed by atoms with E-state index in [1.54, 1.807) is 16.8 Å². The van der Waals surface area contributed by atoms with Crippen LogP contribution in [0, 0.1) is 12.7 Å². The van der Waals surface area contributed by atoms with Crippen LogP contribution in [0.25, 0.3) is 28.1 Å². The molecular formula is C22H20F4N6O2. The Labute approximate surface area is 190 Å². The number of carboxylic acid groups (broad SMARTS) is 1. The molecule has 4 aromatic rings. The zero-order valence-electron chi connectivity index (χ0n) is 18.0. The number of imidazole rings is 1. The number of aryl methyl sites for hydroxylation is 1. The number of nitrogens with one attached hydrogen (secondary N) is 1. The number of carboxylic acids is 1. The van der Waals surface area contributed by atoms with Crippen molar-refractivity contribution in [3.8, 4) is 11.4 Å². The molecule has 3 aromatic heterocycles. The van der Waals surface area contributed by atoms with Crippen molar-refractivity contribution in [3.63, 3.8) is 0 Å². The highest BCUT2D eigenvalue weighted by Gasteiger charge is 2.38. The lowest BCUT2D eigenvalue weighted by Crippen LogP contribution is -2.26. The van der Waals surface area contributed by atoms with Crippen molar-refractivity contribution in [2.45, 2.75) is 31.9 Å². The topological polar surface area (TPSA) is 105 Å². The van der Waals surface area contributed by atoms with Crippen LogP contribution in [-0.2, 0) is 4.79 Å². The van der Waals surface area contributed by atoms with Crippen molar-refractivity contribution < 1.29 is 27.5 Å². The lowest BCUT2D eigenvalue weighted by molar-refractivity contribution is -0.192. The van der Waals surface area contributed by atoms with Crippen LogP contribution in [0.1, 0.15) is 30.0 Å². The molecule has 0 radical (unpaired) electrons. The summed E-state index contributed by atoms with van der Waals surface area (Å²) < 4.78 is 47.8. The zero-order valence-corrected chi connectivity index (χ0v) is 18.0. The van der Waals surface area contributed by atoms with Gasteiger partial charge in [-0.2, -0.15) is 13.2 Å². The number of fused-ring (bicyclic) bond motifs is 2. The number of pyridine rings is 1. The van der Waals surface area contributed by atoms with Crippen molar-refractivity contribution in [2.24, 2.45) is 0 Å². The maximum absolute atomic E-state index is 14.4. The molecule has 1 aliphatic rings. The maximum atomic E-state index is 14.4. The number of benzene rings is 1. The predicted octanol–water partition coefficient (Wildman–Crippen LogP) is 3.89. The van der Waals surface area contributed by atoms with Gasteiger partial charge in [0, 0.05) is 18.0 Å². The van der Waals surface area contributed by atoms with E-state index in [4.69, 9.17) is 9.90 Å². The first-order valence-corrected chi connectivity index (χ1v) is 10.4. The molecule has 2 N–H and O–H groups in total. The average Bonchev–Trinajstić information content (AvgIpc) is 3.19. The van der Waals surface area contributed by atoms with Crippen LogP contribution >= 0.6 is 0 Å². The van der Waals surface area contributed by atoms with E-state index in [9.17, 15) is 17.6 Å². The highest BCUT2D eigenvalue weighted by atomic mass is 19.4. The molecule has 8 nitrogen and oxygen atoms in total. The number of piperidine rings is 1. The monoisotopic (exact) mass is 476 g/mol. The van der Waals surface area contributed by atoms with Crippen molar-refractivity contribution in [1.29, 1.82) is 0 Å². The van der Waals surface area contributed by atoms with Gasteiger partial charge in [0.1, 0.15) is 5.52 Å². The van der Waals surface area contributed by atoms with Crippen LogP contribution in [0.3, 0.4) is 0 Å². The van der Waals surface area contributed by atoms with Gasteiger partial charge in [0.15, 0.2) is 17.3 Å². The minimum absolute atomic E-state index is 0.302. The Kier molecular flexibility index (Phi) is 6.42. The number of nitrogens with zero attached hydrogens (tertiary/aromatic N) is 5. The summed E-state index contributed by atoms with van der Waals surface area (Å²) in [6.45, 7) is 3.93. The number of hydrogen-bond donors (Lipinski definition) is 2. The molecule has 0 amide bonds. The molecule has 0 unspecified atom stereocenters. The summed E-state index contributed by atoms with van der Waals surface area (Å²) >= 11 is 0. The first-order valence-electron chi connectivity index (χ1n) is 10.4. The quantitative estimate of drug-likeness (QED) is 0.423. The molecule has 1 aromatic carbocycles. The van der Waals surface area contributed by atoms with Crippen LogP contribution in [0.15, 0.2) is 36.7 Å². The summed E-state index contributed by atoms with van der Waals surface area (Å²) in [4.78, 5) is 17.7. The van der Waals surface area contributed by atoms with Gasteiger partial charge >= 0.3 is 12.1 Å². The lowest BCUT2D eigenvalue weighted by Gasteiger charge is -2.23. The lowest BCUT2D eigenvalue weighted by atomic mass is 9.90. The van der Waals surface area contributed by atoms with Crippen molar-refractivity contribution in [1.82, 2.24) is 29.9 Å². The minimum Gasteiger partial charge on any atom is -0.475 e. The molecule has 12 heteroatoms. The molecule has 4 heterocycles. The zero-order chi connectivity index (χ0) is 24.5. The Morgan fingerprint density at radius 3 is 2.47 bits per heavy atom. The second-order valence-electron chi connectivity index (χ2n) is 7.90. The molecule has 178 valence electrons. The molecular weight excluding hydrogens is 456 g/mol. The first kappa shape index (κ1) is 23.5. The van der Waals surface area contributed by atoms with E-state index < -0.39 is 18.0 Å². The van der Waals surface area contributed by atoms with Crippen LogP contribution in [-0.4, -0.2) is 54.9 Å². The SMILES string of the molecule is Cc1cn2cc(-c3nnc4cc(C5CCNCC5)ccc4n3)cc(F)c2n1.O=C(O)C(F)(F)F. The fourth-order valence-electron chi connectivity index (χ4n) is 3.79. The Bertz CT molecular complexity index is 1350. The number of aliphatic carboxylic acids is 1. The summed E-state index contributed by atoms with van der Waals surface area (Å²) in [5.41, 5.74) is 4.46. The third-order valence-corrected chi connectivity index (χ3v) is 5.42. The Balaban J connectivity index is 0.000000344. The third kappa shape index (κ3) is 5.11. The number of aromatic nitrogens is 5. The average molecular weight is 476 g/mol. The highest BCUT2D eigenvalue weighted by molar-refractivity contribution is 5.76. The van der Waals surface area contributed by atoms with Gasteiger partial charge in [-0.1, -0.05) is 6.07 Å². The molecule has 0 atom stereocenters. The standard InChI is InChI=1S/C20H19FN6.C2HF3O2/c1-12-10-27-11-15(8-16(21)20(27)23-12)19-24-17-3-2-14(9-18(17)25-26-19)13-4-6-22-7-5-13;3-2(4,5)1(6)7/h2-3,8-11,13,22H,4-7H2,1H3;(H,6,7). The molecule has 34 heavy (non-hydrogen) atoms. The molecule has 0 spiro atoms. The van der Waals surface area contributed by atoms with Gasteiger partial charge in [-0.3, -0.25) is 0 Å². The van der Waals surface area contributed by atoms with Crippen molar-refractivity contribution in [2.75, 3.05) is 13.1 Å². The number of carbonyl (C=O) groups is 1. The van der Waals surface area contributed by atoms with Crippen LogP contribution in [0.5, 0.6) is 0 Å². The second kappa shape index (κ2) is 9.29. The van der Waals surface area contributed by atoms with Gasteiger partial charge in [-0.05, 0) is 62.5 Å². The Hall–Kier alpha value is -3.67. The molecule has 0 aliphatic carbocycles. The fraction of sp³-hybridized carbons (Fsp3) is 0.318. The van der Waals surface area contributed by atoms with E-state index >= 15 is 0 Å². The van der Waals surface area contributed by atoms with Crippen LogP contribution in [0.4, 0.5) is 17.6 Å². The number of halogens is 4. The van der Waals surface area contributed by atoms with E-state index in [2.05, 4.69) is 37.6 Å². The van der Waals surface area contributed by atoms with E-state index in [0.29, 0.717) is 23.0 Å². The van der Waals surface area contributed by atoms with E-state index in [1.165, 1.54) is 11.6 Å². The van der Waals surface area contributed by atoms with Gasteiger partial charge in [-0.25, -0.2) is 19.2 Å². The van der Waals surface area contributed by atoms with Gasteiger partial charge in [0.05, 0.1) is 11.2 Å². The summed E-state index contributed by atoms with van der Waals surface area (Å²) in [5.74, 6) is -2.19.